The van der Waals surface area contributed by atoms with E-state index in [2.05, 4.69) is 0 Å². The molecule has 2 rings (SSSR count). The van der Waals surface area contributed by atoms with Crippen LogP contribution in [0.3, 0.4) is 0 Å². The van der Waals surface area contributed by atoms with Crippen molar-refractivity contribution in [2.45, 2.75) is 6.54 Å². The molecule has 0 unspecified atom stereocenters. The van der Waals surface area contributed by atoms with Gasteiger partial charge >= 0.3 is 0 Å². The van der Waals surface area contributed by atoms with Crippen LogP contribution in [0, 0.1) is 21.4 Å². The lowest BCUT2D eigenvalue weighted by atomic mass is 10.1. The zero-order chi connectivity index (χ0) is 15.4. The number of rotatable bonds is 4. The maximum atomic E-state index is 11.0. The summed E-state index contributed by atoms with van der Waals surface area (Å²) in [6.07, 6.45) is 0. The Morgan fingerprint density at radius 3 is 2.67 bits per heavy atom. The Kier molecular flexibility index (Phi) is 4.41. The Bertz CT molecular complexity index is 725. The maximum absolute atomic E-state index is 11.0. The summed E-state index contributed by atoms with van der Waals surface area (Å²) in [6.45, 7) is 0.517. The van der Waals surface area contributed by atoms with Gasteiger partial charge in [-0.3, -0.25) is 10.1 Å². The van der Waals surface area contributed by atoms with Crippen LogP contribution in [0.5, 0.6) is 0 Å². The third-order valence-corrected chi connectivity index (χ3v) is 3.47. The summed E-state index contributed by atoms with van der Waals surface area (Å²) >= 11 is 6.11. The molecule has 5 nitrogen and oxygen atoms in total. The minimum atomic E-state index is -0.550. The number of nitrogens with zero attached hydrogens (tertiary/aromatic N) is 3. The lowest BCUT2D eigenvalue weighted by Gasteiger charge is -2.20. The second-order valence-electron chi connectivity index (χ2n) is 4.52. The molecule has 0 bridgehead atoms. The molecular weight excluding hydrogens is 290 g/mol. The normalized spacial score (nSPS) is 9.95. The first-order valence-electron chi connectivity index (χ1n) is 6.16. The fourth-order valence-electron chi connectivity index (χ4n) is 1.98. The van der Waals surface area contributed by atoms with Gasteiger partial charge in [0.05, 0.1) is 4.92 Å². The fraction of sp³-hybridized carbons (Fsp3) is 0.133. The molecule has 2 aromatic rings. The number of nitro benzene ring substituents is 1. The molecule has 0 aliphatic carbocycles. The highest BCUT2D eigenvalue weighted by Crippen LogP contribution is 2.26. The topological polar surface area (TPSA) is 70.2 Å². The first-order chi connectivity index (χ1) is 10.0. The van der Waals surface area contributed by atoms with Crippen LogP contribution in [-0.4, -0.2) is 12.0 Å². The predicted octanol–water partition coefficient (Wildman–Crippen LogP) is 3.76. The van der Waals surface area contributed by atoms with Crippen LogP contribution in [0.2, 0.25) is 5.02 Å². The Labute approximate surface area is 127 Å². The molecule has 0 atom stereocenters. The van der Waals surface area contributed by atoms with Gasteiger partial charge in [-0.2, -0.15) is 5.26 Å². The number of hydrogen-bond acceptors (Lipinski definition) is 4. The monoisotopic (exact) mass is 301 g/mol. The minimum Gasteiger partial charge on any atom is -0.370 e. The smallest absolute Gasteiger partial charge is 0.289 e. The molecule has 0 saturated heterocycles. The highest BCUT2D eigenvalue weighted by Gasteiger charge is 2.16. The summed E-state index contributed by atoms with van der Waals surface area (Å²) in [7, 11) is 1.81. The van der Waals surface area contributed by atoms with Gasteiger partial charge in [-0.1, -0.05) is 29.8 Å². The summed E-state index contributed by atoms with van der Waals surface area (Å²) in [4.78, 5) is 12.3. The molecule has 0 amide bonds. The summed E-state index contributed by atoms with van der Waals surface area (Å²) in [6, 6.07) is 13.8. The van der Waals surface area contributed by atoms with E-state index in [4.69, 9.17) is 16.9 Å². The molecular formula is C15H12ClN3O2. The van der Waals surface area contributed by atoms with Crippen LogP contribution in [0.25, 0.3) is 0 Å². The van der Waals surface area contributed by atoms with E-state index in [1.807, 2.05) is 36.2 Å². The van der Waals surface area contributed by atoms with Crippen molar-refractivity contribution < 1.29 is 4.92 Å². The van der Waals surface area contributed by atoms with Crippen LogP contribution in [0.4, 0.5) is 11.4 Å². The van der Waals surface area contributed by atoms with E-state index < -0.39 is 4.92 Å². The molecule has 0 fully saturated rings. The number of benzene rings is 2. The van der Waals surface area contributed by atoms with Gasteiger partial charge < -0.3 is 4.90 Å². The van der Waals surface area contributed by atoms with E-state index in [1.54, 1.807) is 12.1 Å². The molecule has 0 aliphatic rings. The molecule has 0 spiro atoms. The van der Waals surface area contributed by atoms with E-state index >= 15 is 0 Å². The number of anilines is 1. The lowest BCUT2D eigenvalue weighted by Crippen LogP contribution is -2.16. The summed E-state index contributed by atoms with van der Waals surface area (Å²) < 4.78 is 0. The van der Waals surface area contributed by atoms with E-state index in [0.29, 0.717) is 17.3 Å². The van der Waals surface area contributed by atoms with Crippen molar-refractivity contribution in [3.63, 3.8) is 0 Å². The van der Waals surface area contributed by atoms with E-state index in [1.165, 1.54) is 12.1 Å². The third-order valence-electron chi connectivity index (χ3n) is 3.10. The molecule has 2 aromatic carbocycles. The quantitative estimate of drug-likeness (QED) is 0.637. The standard InChI is InChI=1S/C15H12ClN3O2/c1-18(10-12-4-2-3-5-14(12)16)13-7-6-11(9-17)15(8-13)19(20)21/h2-8H,10H2,1H3. The third kappa shape index (κ3) is 3.30. The summed E-state index contributed by atoms with van der Waals surface area (Å²) in [5, 5.41) is 20.5. The first kappa shape index (κ1) is 14.8. The SMILES string of the molecule is CN(Cc1ccccc1Cl)c1ccc(C#N)c([N+](=O)[O-])c1. The Morgan fingerprint density at radius 2 is 2.05 bits per heavy atom. The van der Waals surface area contributed by atoms with Gasteiger partial charge in [0, 0.05) is 30.4 Å². The first-order valence-corrected chi connectivity index (χ1v) is 6.54. The molecule has 0 radical (unpaired) electrons. The van der Waals surface area contributed by atoms with Gasteiger partial charge in [0.15, 0.2) is 0 Å². The molecule has 0 N–H and O–H groups in total. The number of nitriles is 1. The van der Waals surface area contributed by atoms with Crippen molar-refractivity contribution in [2.75, 3.05) is 11.9 Å². The number of nitro groups is 1. The molecule has 21 heavy (non-hydrogen) atoms. The maximum Gasteiger partial charge on any atom is 0.289 e. The summed E-state index contributed by atoms with van der Waals surface area (Å²) in [5.74, 6) is 0. The van der Waals surface area contributed by atoms with E-state index in [0.717, 1.165) is 5.56 Å². The van der Waals surface area contributed by atoms with Gasteiger partial charge in [0.1, 0.15) is 11.6 Å². The highest BCUT2D eigenvalue weighted by molar-refractivity contribution is 6.31. The van der Waals surface area contributed by atoms with Crippen molar-refractivity contribution in [3.8, 4) is 6.07 Å². The molecule has 0 heterocycles. The van der Waals surface area contributed by atoms with Crippen LogP contribution in [-0.2, 0) is 6.54 Å². The van der Waals surface area contributed by atoms with Crippen LogP contribution in [0.1, 0.15) is 11.1 Å². The van der Waals surface area contributed by atoms with Crippen LogP contribution in [0.15, 0.2) is 42.5 Å². The van der Waals surface area contributed by atoms with Gasteiger partial charge in [-0.15, -0.1) is 0 Å². The average molecular weight is 302 g/mol. The molecule has 0 aromatic heterocycles. The largest absolute Gasteiger partial charge is 0.370 e. The van der Waals surface area contributed by atoms with E-state index in [9.17, 15) is 10.1 Å². The van der Waals surface area contributed by atoms with Gasteiger partial charge in [-0.05, 0) is 23.8 Å². The average Bonchev–Trinajstić information content (AvgIpc) is 2.48. The highest BCUT2D eigenvalue weighted by atomic mass is 35.5. The zero-order valence-corrected chi connectivity index (χ0v) is 12.0. The Hall–Kier alpha value is -2.58. The molecule has 0 saturated carbocycles. The van der Waals surface area contributed by atoms with Crippen molar-refractivity contribution in [1.29, 1.82) is 5.26 Å². The Balaban J connectivity index is 2.30. The number of hydrogen-bond donors (Lipinski definition) is 0. The van der Waals surface area contributed by atoms with Crippen molar-refractivity contribution in [1.82, 2.24) is 0 Å². The molecule has 0 aliphatic heterocycles. The van der Waals surface area contributed by atoms with Crippen molar-refractivity contribution in [2.24, 2.45) is 0 Å². The van der Waals surface area contributed by atoms with Gasteiger partial charge in [0.2, 0.25) is 0 Å². The van der Waals surface area contributed by atoms with Crippen molar-refractivity contribution in [3.05, 3.63) is 68.7 Å². The van der Waals surface area contributed by atoms with Crippen LogP contribution >= 0.6 is 11.6 Å². The molecule has 6 heteroatoms. The second kappa shape index (κ2) is 6.25. The zero-order valence-electron chi connectivity index (χ0n) is 11.3. The summed E-state index contributed by atoms with van der Waals surface area (Å²) in [5.41, 5.74) is 1.44. The molecule has 106 valence electrons. The Morgan fingerprint density at radius 1 is 1.33 bits per heavy atom. The predicted molar refractivity (Wildman–Crippen MR) is 81.4 cm³/mol. The minimum absolute atomic E-state index is 0.0508. The van der Waals surface area contributed by atoms with Crippen molar-refractivity contribution >= 4 is 23.0 Å². The van der Waals surface area contributed by atoms with E-state index in [-0.39, 0.29) is 11.3 Å². The van der Waals surface area contributed by atoms with Crippen LogP contribution < -0.4 is 4.90 Å². The number of halogens is 1. The van der Waals surface area contributed by atoms with Gasteiger partial charge in [-0.25, -0.2) is 0 Å². The van der Waals surface area contributed by atoms with Gasteiger partial charge in [0.25, 0.3) is 5.69 Å². The fourth-order valence-corrected chi connectivity index (χ4v) is 2.17. The second-order valence-corrected chi connectivity index (χ2v) is 4.93. The lowest BCUT2D eigenvalue weighted by molar-refractivity contribution is -0.385.